The van der Waals surface area contributed by atoms with Crippen LogP contribution in [0, 0.1) is 11.3 Å². The van der Waals surface area contributed by atoms with Gasteiger partial charge in [0.15, 0.2) is 0 Å². The fourth-order valence-corrected chi connectivity index (χ4v) is 1.18. The van der Waals surface area contributed by atoms with Crippen LogP contribution >= 0.6 is 0 Å². The van der Waals surface area contributed by atoms with Crippen molar-refractivity contribution >= 4 is 0 Å². The molecule has 0 aromatic carbocycles. The molecule has 0 spiro atoms. The number of ether oxygens (including phenoxy) is 1. The van der Waals surface area contributed by atoms with Crippen molar-refractivity contribution in [3.63, 3.8) is 0 Å². The van der Waals surface area contributed by atoms with Gasteiger partial charge in [0.2, 0.25) is 0 Å². The Labute approximate surface area is 93.2 Å². The number of nitriles is 1. The number of rotatable bonds is 8. The number of nitrogens with one attached hydrogen (secondary N) is 1. The third kappa shape index (κ3) is 8.37. The zero-order valence-corrected chi connectivity index (χ0v) is 10.3. The highest BCUT2D eigenvalue weighted by Gasteiger charge is 2.05. The molecule has 0 radical (unpaired) electrons. The van der Waals surface area contributed by atoms with Gasteiger partial charge in [0.25, 0.3) is 0 Å². The summed E-state index contributed by atoms with van der Waals surface area (Å²) >= 11 is 0. The summed E-state index contributed by atoms with van der Waals surface area (Å²) < 4.78 is 5.45. The van der Waals surface area contributed by atoms with E-state index in [1.165, 1.54) is 0 Å². The lowest BCUT2D eigenvalue weighted by molar-refractivity contribution is 0.0635. The van der Waals surface area contributed by atoms with Crippen molar-refractivity contribution in [3.05, 3.63) is 0 Å². The first-order valence-corrected chi connectivity index (χ1v) is 5.47. The van der Waals surface area contributed by atoms with Crippen LogP contribution in [-0.4, -0.2) is 50.8 Å². The first-order chi connectivity index (χ1) is 7.10. The van der Waals surface area contributed by atoms with Crippen molar-refractivity contribution in [2.24, 2.45) is 0 Å². The van der Waals surface area contributed by atoms with E-state index in [-0.39, 0.29) is 6.04 Å². The van der Waals surface area contributed by atoms with Crippen LogP contribution in [0.4, 0.5) is 0 Å². The van der Waals surface area contributed by atoms with Gasteiger partial charge in [-0.3, -0.25) is 0 Å². The molecular formula is C11H23N3O. The predicted octanol–water partition coefficient (Wildman–Crippen LogP) is 0.845. The summed E-state index contributed by atoms with van der Waals surface area (Å²) in [5, 5.41) is 11.7. The Morgan fingerprint density at radius 2 is 2.07 bits per heavy atom. The normalized spacial score (nSPS) is 13.1. The van der Waals surface area contributed by atoms with Crippen LogP contribution in [0.1, 0.15) is 20.3 Å². The molecule has 0 saturated heterocycles. The van der Waals surface area contributed by atoms with Crippen molar-refractivity contribution in [1.82, 2.24) is 10.2 Å². The van der Waals surface area contributed by atoms with Gasteiger partial charge >= 0.3 is 0 Å². The van der Waals surface area contributed by atoms with E-state index in [4.69, 9.17) is 10.00 Å². The maximum absolute atomic E-state index is 8.73. The number of likely N-dealkylation sites (N-methyl/N-ethyl adjacent to an activating group) is 1. The van der Waals surface area contributed by atoms with Gasteiger partial charge in [-0.05, 0) is 34.4 Å². The van der Waals surface area contributed by atoms with E-state index in [1.807, 2.05) is 27.9 Å². The Kier molecular flexibility index (Phi) is 8.30. The second kappa shape index (κ2) is 8.66. The predicted molar refractivity (Wildman–Crippen MR) is 61.7 cm³/mol. The van der Waals surface area contributed by atoms with E-state index in [2.05, 4.69) is 16.3 Å². The molecule has 0 aliphatic carbocycles. The summed E-state index contributed by atoms with van der Waals surface area (Å²) in [7, 11) is 3.86. The first-order valence-electron chi connectivity index (χ1n) is 5.47. The van der Waals surface area contributed by atoms with Crippen LogP contribution in [-0.2, 0) is 4.74 Å². The Hall–Kier alpha value is -0.630. The second-order valence-electron chi connectivity index (χ2n) is 3.98. The zero-order valence-electron chi connectivity index (χ0n) is 10.3. The van der Waals surface area contributed by atoms with Gasteiger partial charge in [0.05, 0.1) is 24.8 Å². The fraction of sp³-hybridized carbons (Fsp3) is 0.909. The van der Waals surface area contributed by atoms with Crippen LogP contribution in [0.2, 0.25) is 0 Å². The largest absolute Gasteiger partial charge is 0.377 e. The highest BCUT2D eigenvalue weighted by Crippen LogP contribution is 1.94. The molecule has 15 heavy (non-hydrogen) atoms. The maximum Gasteiger partial charge on any atom is 0.0962 e. The molecule has 1 unspecified atom stereocenters. The molecule has 0 rings (SSSR count). The van der Waals surface area contributed by atoms with Gasteiger partial charge in [0.1, 0.15) is 0 Å². The van der Waals surface area contributed by atoms with Gasteiger partial charge in [-0.1, -0.05) is 0 Å². The molecule has 4 heteroatoms. The minimum Gasteiger partial charge on any atom is -0.377 e. The Bertz CT molecular complexity index is 189. The van der Waals surface area contributed by atoms with E-state index in [1.54, 1.807) is 0 Å². The van der Waals surface area contributed by atoms with Gasteiger partial charge in [-0.15, -0.1) is 0 Å². The van der Waals surface area contributed by atoms with Crippen molar-refractivity contribution in [2.45, 2.75) is 32.4 Å². The third-order valence-electron chi connectivity index (χ3n) is 2.23. The highest BCUT2D eigenvalue weighted by molar-refractivity contribution is 4.88. The van der Waals surface area contributed by atoms with E-state index in [9.17, 15) is 0 Å². The fourth-order valence-electron chi connectivity index (χ4n) is 1.18. The zero-order chi connectivity index (χ0) is 11.7. The standard InChI is InChI=1S/C11H23N3O/c1-10(2)15-8-7-14(4)6-5-11(9-12)13-3/h10-11,13H,5-8H2,1-4H3. The van der Waals surface area contributed by atoms with Crippen LogP contribution in [0.3, 0.4) is 0 Å². The maximum atomic E-state index is 8.73. The summed E-state index contributed by atoms with van der Waals surface area (Å²) in [6.45, 7) is 6.66. The molecule has 0 amide bonds. The quantitative estimate of drug-likeness (QED) is 0.649. The Morgan fingerprint density at radius 1 is 1.40 bits per heavy atom. The van der Waals surface area contributed by atoms with Crippen LogP contribution in [0.25, 0.3) is 0 Å². The van der Waals surface area contributed by atoms with Gasteiger partial charge in [0, 0.05) is 13.1 Å². The SMILES string of the molecule is CNC(C#N)CCN(C)CCOC(C)C. The van der Waals surface area contributed by atoms with Crippen LogP contribution < -0.4 is 5.32 Å². The van der Waals surface area contributed by atoms with E-state index in [0.29, 0.717) is 6.10 Å². The molecule has 0 heterocycles. The average Bonchev–Trinajstić information content (AvgIpc) is 2.18. The first kappa shape index (κ1) is 14.4. The van der Waals surface area contributed by atoms with Crippen molar-refractivity contribution in [2.75, 3.05) is 33.8 Å². The van der Waals surface area contributed by atoms with E-state index in [0.717, 1.165) is 26.1 Å². The lowest BCUT2D eigenvalue weighted by atomic mass is 10.2. The van der Waals surface area contributed by atoms with Gasteiger partial charge in [-0.25, -0.2) is 0 Å². The molecular weight excluding hydrogens is 190 g/mol. The van der Waals surface area contributed by atoms with Crippen molar-refractivity contribution in [3.8, 4) is 6.07 Å². The van der Waals surface area contributed by atoms with Crippen molar-refractivity contribution in [1.29, 1.82) is 5.26 Å². The van der Waals surface area contributed by atoms with Gasteiger partial charge in [-0.2, -0.15) is 5.26 Å². The summed E-state index contributed by atoms with van der Waals surface area (Å²) in [6.07, 6.45) is 1.15. The molecule has 0 aromatic heterocycles. The monoisotopic (exact) mass is 213 g/mol. The Balaban J connectivity index is 3.49. The minimum absolute atomic E-state index is 0.0431. The number of hydrogen-bond acceptors (Lipinski definition) is 4. The second-order valence-corrected chi connectivity index (χ2v) is 3.98. The van der Waals surface area contributed by atoms with E-state index < -0.39 is 0 Å². The average molecular weight is 213 g/mol. The lowest BCUT2D eigenvalue weighted by Crippen LogP contribution is -2.31. The number of nitrogens with zero attached hydrogens (tertiary/aromatic N) is 2. The van der Waals surface area contributed by atoms with Crippen LogP contribution in [0.15, 0.2) is 0 Å². The van der Waals surface area contributed by atoms with E-state index >= 15 is 0 Å². The summed E-state index contributed by atoms with van der Waals surface area (Å²) in [5.74, 6) is 0. The lowest BCUT2D eigenvalue weighted by Gasteiger charge is -2.18. The smallest absolute Gasteiger partial charge is 0.0962 e. The molecule has 0 aliphatic rings. The third-order valence-corrected chi connectivity index (χ3v) is 2.23. The van der Waals surface area contributed by atoms with Gasteiger partial charge < -0.3 is 15.0 Å². The Morgan fingerprint density at radius 3 is 2.53 bits per heavy atom. The summed E-state index contributed by atoms with van der Waals surface area (Å²) in [6, 6.07) is 2.17. The molecule has 4 nitrogen and oxygen atoms in total. The van der Waals surface area contributed by atoms with Crippen LogP contribution in [0.5, 0.6) is 0 Å². The highest BCUT2D eigenvalue weighted by atomic mass is 16.5. The molecule has 1 atom stereocenters. The van der Waals surface area contributed by atoms with Crippen molar-refractivity contribution < 1.29 is 4.74 Å². The molecule has 88 valence electrons. The summed E-state index contributed by atoms with van der Waals surface area (Å²) in [4.78, 5) is 2.18. The topological polar surface area (TPSA) is 48.3 Å². The molecule has 0 aliphatic heterocycles. The number of hydrogen-bond donors (Lipinski definition) is 1. The molecule has 0 aromatic rings. The molecule has 1 N–H and O–H groups in total. The molecule has 0 saturated carbocycles. The summed E-state index contributed by atoms with van der Waals surface area (Å²) in [5.41, 5.74) is 0. The minimum atomic E-state index is -0.0431. The molecule has 0 fully saturated rings. The molecule has 0 bridgehead atoms.